The summed E-state index contributed by atoms with van der Waals surface area (Å²) in [6.45, 7) is 0.671. The Hall–Kier alpha value is -1.55. The van der Waals surface area contributed by atoms with Crippen LogP contribution >= 0.6 is 0 Å². The molecule has 0 fully saturated rings. The predicted octanol–water partition coefficient (Wildman–Crippen LogP) is 0.753. The summed E-state index contributed by atoms with van der Waals surface area (Å²) in [5.41, 5.74) is 1.09. The minimum absolute atomic E-state index is 0.171. The highest BCUT2D eigenvalue weighted by Crippen LogP contribution is 2.24. The second kappa shape index (κ2) is 4.99. The van der Waals surface area contributed by atoms with Gasteiger partial charge in [0.25, 0.3) is 0 Å². The number of benzene rings is 1. The van der Waals surface area contributed by atoms with Gasteiger partial charge in [0.2, 0.25) is 0 Å². The van der Waals surface area contributed by atoms with Crippen LogP contribution in [-0.2, 0) is 16.0 Å². The van der Waals surface area contributed by atoms with E-state index in [9.17, 15) is 4.79 Å². The molecular formula is C12H15NO3. The second-order valence-electron chi connectivity index (χ2n) is 3.77. The fraction of sp³-hybridized carbons (Fsp3) is 0.417. The second-order valence-corrected chi connectivity index (χ2v) is 3.77. The molecule has 1 aliphatic rings. The van der Waals surface area contributed by atoms with E-state index in [1.165, 1.54) is 0 Å². The molecule has 0 spiro atoms. The van der Waals surface area contributed by atoms with Crippen molar-refractivity contribution in [2.75, 3.05) is 20.2 Å². The van der Waals surface area contributed by atoms with Crippen LogP contribution in [0.15, 0.2) is 24.3 Å². The van der Waals surface area contributed by atoms with Gasteiger partial charge in [-0.3, -0.25) is 4.79 Å². The van der Waals surface area contributed by atoms with Gasteiger partial charge >= 0.3 is 5.97 Å². The molecule has 0 radical (unpaired) electrons. The summed E-state index contributed by atoms with van der Waals surface area (Å²) in [5.74, 6) is 0.652. The summed E-state index contributed by atoms with van der Waals surface area (Å²) in [7, 11) is 1.72. The minimum Gasteiger partial charge on any atom is -0.489 e. The van der Waals surface area contributed by atoms with Gasteiger partial charge in [0.05, 0.1) is 6.54 Å². The Balaban J connectivity index is 1.95. The van der Waals surface area contributed by atoms with Crippen LogP contribution in [-0.4, -0.2) is 32.3 Å². The molecular weight excluding hydrogens is 206 g/mol. The standard InChI is InChI=1S/C12H15NO3/c1-13-7-12(14)16-10-6-9-4-2-3-5-11(9)15-8-10/h2-5,10,13H,6-8H2,1H3. The van der Waals surface area contributed by atoms with E-state index in [-0.39, 0.29) is 18.6 Å². The molecule has 0 aliphatic carbocycles. The number of hydrogen-bond donors (Lipinski definition) is 1. The van der Waals surface area contributed by atoms with Crippen LogP contribution in [0.3, 0.4) is 0 Å². The Morgan fingerprint density at radius 3 is 3.19 bits per heavy atom. The average molecular weight is 221 g/mol. The van der Waals surface area contributed by atoms with E-state index in [1.807, 2.05) is 24.3 Å². The number of ether oxygens (including phenoxy) is 2. The highest BCUT2D eigenvalue weighted by Gasteiger charge is 2.22. The van der Waals surface area contributed by atoms with E-state index in [2.05, 4.69) is 5.32 Å². The van der Waals surface area contributed by atoms with E-state index in [4.69, 9.17) is 9.47 Å². The Morgan fingerprint density at radius 1 is 1.56 bits per heavy atom. The summed E-state index contributed by atoms with van der Waals surface area (Å²) < 4.78 is 10.8. The van der Waals surface area contributed by atoms with Crippen molar-refractivity contribution >= 4 is 5.97 Å². The van der Waals surface area contributed by atoms with E-state index >= 15 is 0 Å². The van der Waals surface area contributed by atoms with Gasteiger partial charge in [0.15, 0.2) is 0 Å². The molecule has 1 heterocycles. The first-order valence-corrected chi connectivity index (χ1v) is 5.34. The zero-order valence-electron chi connectivity index (χ0n) is 9.23. The average Bonchev–Trinajstić information content (AvgIpc) is 2.29. The first-order valence-electron chi connectivity index (χ1n) is 5.34. The van der Waals surface area contributed by atoms with Crippen LogP contribution < -0.4 is 10.1 Å². The summed E-state index contributed by atoms with van der Waals surface area (Å²) in [5, 5.41) is 2.76. The topological polar surface area (TPSA) is 47.6 Å². The number of esters is 1. The maximum Gasteiger partial charge on any atom is 0.320 e. The Labute approximate surface area is 94.6 Å². The van der Waals surface area contributed by atoms with Crippen LogP contribution in [0, 0.1) is 0 Å². The van der Waals surface area contributed by atoms with E-state index in [1.54, 1.807) is 7.05 Å². The number of para-hydroxylation sites is 1. The van der Waals surface area contributed by atoms with Gasteiger partial charge in [-0.05, 0) is 18.7 Å². The molecule has 1 N–H and O–H groups in total. The van der Waals surface area contributed by atoms with Crippen molar-refractivity contribution in [1.82, 2.24) is 5.32 Å². The fourth-order valence-electron chi connectivity index (χ4n) is 1.75. The van der Waals surface area contributed by atoms with Crippen LogP contribution in [0.25, 0.3) is 0 Å². The van der Waals surface area contributed by atoms with Crippen molar-refractivity contribution in [3.8, 4) is 5.75 Å². The summed E-state index contributed by atoms with van der Waals surface area (Å²) in [4.78, 5) is 11.3. The molecule has 1 unspecified atom stereocenters. The number of fused-ring (bicyclic) bond motifs is 1. The van der Waals surface area contributed by atoms with Gasteiger partial charge in [-0.2, -0.15) is 0 Å². The highest BCUT2D eigenvalue weighted by molar-refractivity contribution is 5.71. The molecule has 0 saturated carbocycles. The van der Waals surface area contributed by atoms with Gasteiger partial charge < -0.3 is 14.8 Å². The molecule has 0 amide bonds. The van der Waals surface area contributed by atoms with E-state index in [0.717, 1.165) is 17.7 Å². The normalized spacial score (nSPS) is 18.4. The predicted molar refractivity (Wildman–Crippen MR) is 59.4 cm³/mol. The van der Waals surface area contributed by atoms with Crippen LogP contribution in [0.5, 0.6) is 5.75 Å². The minimum atomic E-state index is -0.240. The fourth-order valence-corrected chi connectivity index (χ4v) is 1.75. The smallest absolute Gasteiger partial charge is 0.320 e. The highest BCUT2D eigenvalue weighted by atomic mass is 16.6. The molecule has 1 aliphatic heterocycles. The third kappa shape index (κ3) is 2.52. The quantitative estimate of drug-likeness (QED) is 0.765. The molecule has 0 saturated heterocycles. The molecule has 4 heteroatoms. The molecule has 0 bridgehead atoms. The van der Waals surface area contributed by atoms with Gasteiger partial charge in [-0.15, -0.1) is 0 Å². The monoisotopic (exact) mass is 221 g/mol. The van der Waals surface area contributed by atoms with Crippen molar-refractivity contribution in [3.05, 3.63) is 29.8 Å². The zero-order chi connectivity index (χ0) is 11.4. The van der Waals surface area contributed by atoms with E-state index in [0.29, 0.717) is 6.61 Å². The molecule has 4 nitrogen and oxygen atoms in total. The number of carbonyl (C=O) groups is 1. The Kier molecular flexibility index (Phi) is 3.41. The number of rotatable bonds is 3. The van der Waals surface area contributed by atoms with Crippen molar-refractivity contribution in [2.24, 2.45) is 0 Å². The number of nitrogens with one attached hydrogen (secondary N) is 1. The van der Waals surface area contributed by atoms with Crippen molar-refractivity contribution < 1.29 is 14.3 Å². The number of hydrogen-bond acceptors (Lipinski definition) is 4. The Morgan fingerprint density at radius 2 is 2.38 bits per heavy atom. The lowest BCUT2D eigenvalue weighted by Gasteiger charge is -2.25. The molecule has 2 rings (SSSR count). The summed E-state index contributed by atoms with van der Waals surface area (Å²) >= 11 is 0. The van der Waals surface area contributed by atoms with Crippen molar-refractivity contribution in [1.29, 1.82) is 0 Å². The largest absolute Gasteiger partial charge is 0.489 e. The number of carbonyl (C=O) groups excluding carboxylic acids is 1. The molecule has 1 atom stereocenters. The van der Waals surface area contributed by atoms with E-state index < -0.39 is 0 Å². The van der Waals surface area contributed by atoms with Crippen molar-refractivity contribution in [2.45, 2.75) is 12.5 Å². The lowest BCUT2D eigenvalue weighted by atomic mass is 10.0. The van der Waals surface area contributed by atoms with Crippen LogP contribution in [0.2, 0.25) is 0 Å². The maximum absolute atomic E-state index is 11.3. The van der Waals surface area contributed by atoms with Gasteiger partial charge in [-0.1, -0.05) is 18.2 Å². The lowest BCUT2D eigenvalue weighted by Crippen LogP contribution is -2.33. The molecule has 1 aromatic carbocycles. The van der Waals surface area contributed by atoms with Crippen LogP contribution in [0.1, 0.15) is 5.56 Å². The third-order valence-corrected chi connectivity index (χ3v) is 2.46. The van der Waals surface area contributed by atoms with Crippen LogP contribution in [0.4, 0.5) is 0 Å². The Bertz CT molecular complexity index is 378. The summed E-state index contributed by atoms with van der Waals surface area (Å²) in [6, 6.07) is 7.82. The van der Waals surface area contributed by atoms with Crippen molar-refractivity contribution in [3.63, 3.8) is 0 Å². The van der Waals surface area contributed by atoms with Gasteiger partial charge in [0.1, 0.15) is 18.5 Å². The van der Waals surface area contributed by atoms with Gasteiger partial charge in [-0.25, -0.2) is 0 Å². The number of likely N-dealkylation sites (N-methyl/N-ethyl adjacent to an activating group) is 1. The molecule has 0 aromatic heterocycles. The summed E-state index contributed by atoms with van der Waals surface area (Å²) in [6.07, 6.45) is 0.557. The maximum atomic E-state index is 11.3. The molecule has 1 aromatic rings. The SMILES string of the molecule is CNCC(=O)OC1COc2ccccc2C1. The lowest BCUT2D eigenvalue weighted by molar-refractivity contribution is -0.149. The zero-order valence-corrected chi connectivity index (χ0v) is 9.23. The molecule has 16 heavy (non-hydrogen) atoms. The van der Waals surface area contributed by atoms with Gasteiger partial charge in [0, 0.05) is 6.42 Å². The molecule has 86 valence electrons. The first kappa shape index (κ1) is 11.0. The third-order valence-electron chi connectivity index (χ3n) is 2.46. The first-order chi connectivity index (χ1) is 7.79.